The quantitative estimate of drug-likeness (QED) is 0.830. The molecule has 0 aliphatic carbocycles. The van der Waals surface area contributed by atoms with Crippen molar-refractivity contribution in [1.29, 1.82) is 0 Å². The zero-order valence-electron chi connectivity index (χ0n) is 12.6. The average Bonchev–Trinajstić information content (AvgIpc) is 2.87. The Morgan fingerprint density at radius 2 is 1.81 bits per heavy atom. The molecule has 1 aliphatic heterocycles. The molecule has 0 radical (unpaired) electrons. The van der Waals surface area contributed by atoms with E-state index < -0.39 is 24.3 Å². The van der Waals surface area contributed by atoms with Gasteiger partial charge in [0.05, 0.1) is 16.8 Å². The maximum absolute atomic E-state index is 11.2. The number of hydrogen-bond acceptors (Lipinski definition) is 3. The third-order valence-corrected chi connectivity index (χ3v) is 4.46. The van der Waals surface area contributed by atoms with Gasteiger partial charge in [0.15, 0.2) is 0 Å². The smallest absolute Gasteiger partial charge is 0.478 e. The summed E-state index contributed by atoms with van der Waals surface area (Å²) in [6.07, 6.45) is 1.50. The molecule has 1 aromatic carbocycles. The summed E-state index contributed by atoms with van der Waals surface area (Å²) in [5.74, 6) is -0.952. The Balaban J connectivity index is 2.03. The number of fused-ring (bicyclic) bond motifs is 1. The Hall–Kier alpha value is -1.79. The third kappa shape index (κ3) is 2.15. The van der Waals surface area contributed by atoms with Gasteiger partial charge in [-0.05, 0) is 39.2 Å². The molecule has 21 heavy (non-hydrogen) atoms. The van der Waals surface area contributed by atoms with E-state index in [9.17, 15) is 9.90 Å². The van der Waals surface area contributed by atoms with Crippen molar-refractivity contribution >= 4 is 29.5 Å². The van der Waals surface area contributed by atoms with E-state index in [0.29, 0.717) is 5.39 Å². The van der Waals surface area contributed by atoms with E-state index in [-0.39, 0.29) is 5.56 Å². The molecule has 1 aliphatic rings. The van der Waals surface area contributed by atoms with E-state index >= 15 is 0 Å². The van der Waals surface area contributed by atoms with Gasteiger partial charge < -0.3 is 19.4 Å². The van der Waals surface area contributed by atoms with Gasteiger partial charge >= 0.3 is 13.1 Å². The molecular weight excluding hydrogens is 269 g/mol. The molecule has 2 aromatic rings. The second-order valence-electron chi connectivity index (χ2n) is 6.40. The first-order chi connectivity index (χ1) is 9.71. The number of benzene rings is 1. The lowest BCUT2D eigenvalue weighted by molar-refractivity contribution is 0.00578. The molecule has 6 heteroatoms. The van der Waals surface area contributed by atoms with Crippen LogP contribution in [0.15, 0.2) is 24.4 Å². The van der Waals surface area contributed by atoms with Gasteiger partial charge in [-0.25, -0.2) is 4.79 Å². The average molecular weight is 287 g/mol. The Kier molecular flexibility index (Phi) is 2.94. The minimum atomic E-state index is -0.952. The van der Waals surface area contributed by atoms with Crippen molar-refractivity contribution in [3.05, 3.63) is 30.0 Å². The molecule has 0 atom stereocenters. The molecule has 110 valence electrons. The van der Waals surface area contributed by atoms with Gasteiger partial charge in [0, 0.05) is 17.1 Å². The molecular formula is C15H18BNO4. The molecule has 0 spiro atoms. The molecule has 0 amide bonds. The summed E-state index contributed by atoms with van der Waals surface area (Å²) in [6.45, 7) is 7.96. The highest BCUT2D eigenvalue weighted by Gasteiger charge is 2.51. The van der Waals surface area contributed by atoms with Crippen molar-refractivity contribution in [1.82, 2.24) is 4.98 Å². The van der Waals surface area contributed by atoms with Gasteiger partial charge in [-0.15, -0.1) is 0 Å². The second-order valence-corrected chi connectivity index (χ2v) is 6.40. The van der Waals surface area contributed by atoms with Crippen LogP contribution in [-0.4, -0.2) is 34.4 Å². The normalized spacial score (nSPS) is 20.1. The fourth-order valence-electron chi connectivity index (χ4n) is 2.44. The molecule has 1 saturated heterocycles. The molecule has 1 fully saturated rings. The van der Waals surface area contributed by atoms with Gasteiger partial charge in [-0.3, -0.25) is 0 Å². The first kappa shape index (κ1) is 14.2. The van der Waals surface area contributed by atoms with Crippen molar-refractivity contribution < 1.29 is 19.2 Å². The molecule has 0 saturated carbocycles. The van der Waals surface area contributed by atoms with Crippen LogP contribution in [-0.2, 0) is 9.31 Å². The number of carboxylic acid groups (broad SMARTS) is 1. The highest BCUT2D eigenvalue weighted by Crippen LogP contribution is 2.36. The zero-order valence-corrected chi connectivity index (χ0v) is 12.6. The number of hydrogen-bond donors (Lipinski definition) is 2. The van der Waals surface area contributed by atoms with Crippen LogP contribution >= 0.6 is 0 Å². The fourth-order valence-corrected chi connectivity index (χ4v) is 2.44. The summed E-state index contributed by atoms with van der Waals surface area (Å²) < 4.78 is 12.0. The zero-order chi connectivity index (χ0) is 15.4. The van der Waals surface area contributed by atoms with E-state index in [2.05, 4.69) is 4.98 Å². The highest BCUT2D eigenvalue weighted by atomic mass is 16.7. The number of carbonyl (C=O) groups is 1. The van der Waals surface area contributed by atoms with Crippen molar-refractivity contribution in [2.24, 2.45) is 0 Å². The Bertz CT molecular complexity index is 704. The van der Waals surface area contributed by atoms with Crippen LogP contribution in [0, 0.1) is 0 Å². The number of rotatable bonds is 2. The minimum Gasteiger partial charge on any atom is -0.478 e. The number of aromatic amines is 1. The number of H-pyrrole nitrogens is 1. The number of carboxylic acids is 1. The molecule has 1 aromatic heterocycles. The largest absolute Gasteiger partial charge is 0.494 e. The minimum absolute atomic E-state index is 0.253. The monoisotopic (exact) mass is 287 g/mol. The summed E-state index contributed by atoms with van der Waals surface area (Å²) >= 11 is 0. The van der Waals surface area contributed by atoms with Crippen LogP contribution in [0.25, 0.3) is 10.9 Å². The summed E-state index contributed by atoms with van der Waals surface area (Å²) in [6, 6.07) is 5.56. The summed E-state index contributed by atoms with van der Waals surface area (Å²) in [7, 11) is -0.490. The lowest BCUT2D eigenvalue weighted by atomic mass is 9.78. The fraction of sp³-hybridized carbons (Fsp3) is 0.400. The van der Waals surface area contributed by atoms with Crippen molar-refractivity contribution in [2.45, 2.75) is 38.9 Å². The Labute approximate surface area is 123 Å². The van der Waals surface area contributed by atoms with Crippen LogP contribution in [0.5, 0.6) is 0 Å². The topological polar surface area (TPSA) is 71.6 Å². The van der Waals surface area contributed by atoms with Crippen LogP contribution in [0.1, 0.15) is 38.1 Å². The lowest BCUT2D eigenvalue weighted by Crippen LogP contribution is -2.41. The number of aromatic nitrogens is 1. The molecule has 0 unspecified atom stereocenters. The van der Waals surface area contributed by atoms with E-state index in [4.69, 9.17) is 9.31 Å². The number of aromatic carboxylic acids is 1. The van der Waals surface area contributed by atoms with Crippen LogP contribution < -0.4 is 5.46 Å². The molecule has 2 N–H and O–H groups in total. The second kappa shape index (κ2) is 4.35. The van der Waals surface area contributed by atoms with Gasteiger partial charge in [0.2, 0.25) is 0 Å². The SMILES string of the molecule is CC1(C)OB(c2ccc3[nH]cc(C(=O)O)c3c2)OC1(C)C. The number of nitrogens with one attached hydrogen (secondary N) is 1. The van der Waals surface area contributed by atoms with E-state index in [1.54, 1.807) is 0 Å². The molecule has 0 bridgehead atoms. The predicted molar refractivity (Wildman–Crippen MR) is 81.0 cm³/mol. The first-order valence-electron chi connectivity index (χ1n) is 6.91. The predicted octanol–water partition coefficient (Wildman–Crippen LogP) is 2.17. The van der Waals surface area contributed by atoms with Crippen LogP contribution in [0.3, 0.4) is 0 Å². The van der Waals surface area contributed by atoms with Gasteiger partial charge in [0.25, 0.3) is 0 Å². The molecule has 5 nitrogen and oxygen atoms in total. The van der Waals surface area contributed by atoms with E-state index in [1.165, 1.54) is 6.20 Å². The summed E-state index contributed by atoms with van der Waals surface area (Å²) in [5.41, 5.74) is 1.03. The van der Waals surface area contributed by atoms with Gasteiger partial charge in [-0.2, -0.15) is 0 Å². The van der Waals surface area contributed by atoms with Crippen molar-refractivity contribution in [3.8, 4) is 0 Å². The Morgan fingerprint density at radius 1 is 1.19 bits per heavy atom. The lowest BCUT2D eigenvalue weighted by Gasteiger charge is -2.32. The van der Waals surface area contributed by atoms with E-state index in [1.807, 2.05) is 45.9 Å². The third-order valence-electron chi connectivity index (χ3n) is 4.46. The van der Waals surface area contributed by atoms with Gasteiger partial charge in [-0.1, -0.05) is 12.1 Å². The highest BCUT2D eigenvalue weighted by molar-refractivity contribution is 6.62. The summed E-state index contributed by atoms with van der Waals surface area (Å²) in [4.78, 5) is 14.2. The standard InChI is InChI=1S/C15H18BNO4/c1-14(2)15(3,4)21-16(20-14)9-5-6-12-10(7-9)11(8-17-12)13(18)19/h5-8,17H,1-4H3,(H,18,19). The van der Waals surface area contributed by atoms with Gasteiger partial charge in [0.1, 0.15) is 0 Å². The molecule has 2 heterocycles. The van der Waals surface area contributed by atoms with Crippen molar-refractivity contribution in [3.63, 3.8) is 0 Å². The maximum atomic E-state index is 11.2. The van der Waals surface area contributed by atoms with Crippen LogP contribution in [0.4, 0.5) is 0 Å². The summed E-state index contributed by atoms with van der Waals surface area (Å²) in [5, 5.41) is 9.87. The Morgan fingerprint density at radius 3 is 2.38 bits per heavy atom. The van der Waals surface area contributed by atoms with E-state index in [0.717, 1.165) is 11.0 Å². The maximum Gasteiger partial charge on any atom is 0.494 e. The molecule has 3 rings (SSSR count). The van der Waals surface area contributed by atoms with Crippen molar-refractivity contribution in [2.75, 3.05) is 0 Å². The first-order valence-corrected chi connectivity index (χ1v) is 6.91. The van der Waals surface area contributed by atoms with Crippen LogP contribution in [0.2, 0.25) is 0 Å².